The molecule has 0 unspecified atom stereocenters. The summed E-state index contributed by atoms with van der Waals surface area (Å²) in [4.78, 5) is 0. The quantitative estimate of drug-likeness (QED) is 0.469. The van der Waals surface area contributed by atoms with Crippen molar-refractivity contribution in [1.82, 2.24) is 5.32 Å². The van der Waals surface area contributed by atoms with Crippen LogP contribution in [0.3, 0.4) is 0 Å². The average Bonchev–Trinajstić information content (AvgIpc) is 2.61. The van der Waals surface area contributed by atoms with Gasteiger partial charge in [-0.05, 0) is 25.5 Å². The third-order valence-electron chi connectivity index (χ3n) is 2.86. The first kappa shape index (κ1) is 31.5. The second-order valence-electron chi connectivity index (χ2n) is 6.50. The zero-order chi connectivity index (χ0) is 20.9. The summed E-state index contributed by atoms with van der Waals surface area (Å²) in [6, 6.07) is 0. The topological polar surface area (TPSA) is 64.1 Å². The van der Waals surface area contributed by atoms with Crippen LogP contribution in [0.25, 0.3) is 0 Å². The summed E-state index contributed by atoms with van der Waals surface area (Å²) < 4.78 is 0. The van der Waals surface area contributed by atoms with Crippen LogP contribution in [0.1, 0.15) is 82.1 Å². The molecule has 0 saturated carbocycles. The molecule has 0 aromatic heterocycles. The number of nitrogens with one attached hydrogen (secondary N) is 1. The Morgan fingerprint density at radius 2 is 1.32 bits per heavy atom. The molecule has 0 aliphatic rings. The van der Waals surface area contributed by atoms with Gasteiger partial charge in [-0.3, -0.25) is 0 Å². The highest BCUT2D eigenvalue weighted by atomic mass is 15.0. The molecule has 0 aromatic carbocycles. The summed E-state index contributed by atoms with van der Waals surface area (Å²) in [6.45, 7) is 26.3. The molecule has 25 heavy (non-hydrogen) atoms. The number of hydrogen-bond donors (Lipinski definition) is 3. The molecule has 0 aliphatic heterocycles. The van der Waals surface area contributed by atoms with Gasteiger partial charge in [-0.1, -0.05) is 87.5 Å². The predicted octanol–water partition coefficient (Wildman–Crippen LogP) is 5.99. The standard InChI is InChI=1S/C15H28N2.C3H9N.2C2H6/c1-7-11-17-13(16)12-15(5,6)10-9-14(3,4)8-2;1-2-3-4;2*1-2/h8-10,12,17H,2,7,11,16H2,1,3-6H3;2-4H2,1H3;2*1-2H3/b10-9-,13-12+;;;. The van der Waals surface area contributed by atoms with Gasteiger partial charge in [0.25, 0.3) is 0 Å². The summed E-state index contributed by atoms with van der Waals surface area (Å²) in [5.74, 6) is 0.748. The van der Waals surface area contributed by atoms with Crippen LogP contribution < -0.4 is 16.8 Å². The van der Waals surface area contributed by atoms with Crippen LogP contribution in [0.2, 0.25) is 0 Å². The molecule has 0 atom stereocenters. The van der Waals surface area contributed by atoms with Crippen LogP contribution >= 0.6 is 0 Å². The van der Waals surface area contributed by atoms with Crippen LogP contribution in [-0.2, 0) is 0 Å². The minimum Gasteiger partial charge on any atom is -0.386 e. The van der Waals surface area contributed by atoms with E-state index in [9.17, 15) is 0 Å². The van der Waals surface area contributed by atoms with Crippen molar-refractivity contribution in [3.05, 3.63) is 36.7 Å². The highest BCUT2D eigenvalue weighted by molar-refractivity contribution is 5.15. The monoisotopic (exact) mass is 355 g/mol. The lowest BCUT2D eigenvalue weighted by Gasteiger charge is -2.20. The second kappa shape index (κ2) is 20.8. The number of nitrogens with two attached hydrogens (primary N) is 2. The summed E-state index contributed by atoms with van der Waals surface area (Å²) in [6.07, 6.45) is 10.5. The Balaban J connectivity index is -0.000000234. The van der Waals surface area contributed by atoms with Crippen molar-refractivity contribution < 1.29 is 0 Å². The van der Waals surface area contributed by atoms with Crippen LogP contribution in [0.4, 0.5) is 0 Å². The highest BCUT2D eigenvalue weighted by Crippen LogP contribution is 2.25. The maximum Gasteiger partial charge on any atom is 0.0927 e. The van der Waals surface area contributed by atoms with Crippen LogP contribution in [0.15, 0.2) is 36.7 Å². The lowest BCUT2D eigenvalue weighted by molar-refractivity contribution is 0.573. The second-order valence-corrected chi connectivity index (χ2v) is 6.50. The van der Waals surface area contributed by atoms with Gasteiger partial charge in [0, 0.05) is 17.4 Å². The van der Waals surface area contributed by atoms with E-state index in [-0.39, 0.29) is 10.8 Å². The maximum atomic E-state index is 5.91. The molecule has 0 fully saturated rings. The first-order valence-corrected chi connectivity index (χ1v) is 9.90. The van der Waals surface area contributed by atoms with Gasteiger partial charge in [0.1, 0.15) is 0 Å². The van der Waals surface area contributed by atoms with E-state index in [1.54, 1.807) is 0 Å². The van der Waals surface area contributed by atoms with E-state index in [1.165, 1.54) is 0 Å². The SMILES string of the molecule is C=CC(C)(C)/C=C\C(C)(C)/C=C(\N)NCCC.CC.CC.CCCN. The number of hydrogen-bond acceptors (Lipinski definition) is 3. The molecule has 0 aromatic rings. The number of allylic oxidation sites excluding steroid dienone is 4. The molecule has 0 bridgehead atoms. The van der Waals surface area contributed by atoms with Gasteiger partial charge in [0.05, 0.1) is 5.82 Å². The van der Waals surface area contributed by atoms with Crippen LogP contribution in [0, 0.1) is 10.8 Å². The van der Waals surface area contributed by atoms with E-state index in [0.29, 0.717) is 0 Å². The molecule has 3 nitrogen and oxygen atoms in total. The Hall–Kier alpha value is -1.22. The molecule has 0 saturated heterocycles. The van der Waals surface area contributed by atoms with Gasteiger partial charge in [-0.25, -0.2) is 0 Å². The van der Waals surface area contributed by atoms with Crippen molar-refractivity contribution in [1.29, 1.82) is 0 Å². The lowest BCUT2D eigenvalue weighted by atomic mass is 9.86. The van der Waals surface area contributed by atoms with Crippen molar-refractivity contribution in [2.75, 3.05) is 13.1 Å². The Labute approximate surface area is 160 Å². The van der Waals surface area contributed by atoms with E-state index in [2.05, 4.69) is 71.7 Å². The van der Waals surface area contributed by atoms with Crippen LogP contribution in [0.5, 0.6) is 0 Å². The fourth-order valence-corrected chi connectivity index (χ4v) is 1.27. The Bertz CT molecular complexity index is 324. The van der Waals surface area contributed by atoms with Gasteiger partial charge in [0.15, 0.2) is 0 Å². The number of rotatable bonds is 8. The fourth-order valence-electron chi connectivity index (χ4n) is 1.27. The molecule has 0 heterocycles. The minimum atomic E-state index is -0.0505. The summed E-state index contributed by atoms with van der Waals surface area (Å²) in [7, 11) is 0. The highest BCUT2D eigenvalue weighted by Gasteiger charge is 2.14. The molecule has 0 amide bonds. The van der Waals surface area contributed by atoms with Crippen molar-refractivity contribution in [3.8, 4) is 0 Å². The molecular weight excluding hydrogens is 306 g/mol. The molecular formula is C22H49N3. The van der Waals surface area contributed by atoms with E-state index in [0.717, 1.165) is 31.8 Å². The van der Waals surface area contributed by atoms with Crippen molar-refractivity contribution in [2.24, 2.45) is 22.3 Å². The summed E-state index contributed by atoms with van der Waals surface area (Å²) in [5, 5.41) is 3.18. The summed E-state index contributed by atoms with van der Waals surface area (Å²) >= 11 is 0. The Morgan fingerprint density at radius 3 is 1.64 bits per heavy atom. The molecule has 0 radical (unpaired) electrons. The molecule has 0 aliphatic carbocycles. The van der Waals surface area contributed by atoms with Crippen molar-refractivity contribution in [3.63, 3.8) is 0 Å². The largest absolute Gasteiger partial charge is 0.386 e. The fraction of sp³-hybridized carbons (Fsp3) is 0.727. The molecule has 0 rings (SSSR count). The minimum absolute atomic E-state index is 0.0245. The molecule has 5 N–H and O–H groups in total. The van der Waals surface area contributed by atoms with Gasteiger partial charge >= 0.3 is 0 Å². The molecule has 3 heteroatoms. The molecule has 152 valence electrons. The van der Waals surface area contributed by atoms with E-state index in [4.69, 9.17) is 11.5 Å². The van der Waals surface area contributed by atoms with Gasteiger partial charge < -0.3 is 16.8 Å². The average molecular weight is 356 g/mol. The van der Waals surface area contributed by atoms with E-state index >= 15 is 0 Å². The van der Waals surface area contributed by atoms with Gasteiger partial charge in [-0.15, -0.1) is 6.58 Å². The predicted molar refractivity (Wildman–Crippen MR) is 120 cm³/mol. The third-order valence-corrected chi connectivity index (χ3v) is 2.86. The normalized spacial score (nSPS) is 11.2. The summed E-state index contributed by atoms with van der Waals surface area (Å²) in [5.41, 5.74) is 10.9. The Morgan fingerprint density at radius 1 is 0.920 bits per heavy atom. The zero-order valence-corrected chi connectivity index (χ0v) is 19.0. The van der Waals surface area contributed by atoms with Gasteiger partial charge in [0.2, 0.25) is 0 Å². The smallest absolute Gasteiger partial charge is 0.0927 e. The molecule has 0 spiro atoms. The van der Waals surface area contributed by atoms with E-state index < -0.39 is 0 Å². The first-order valence-electron chi connectivity index (χ1n) is 9.90. The van der Waals surface area contributed by atoms with Crippen LogP contribution in [-0.4, -0.2) is 13.1 Å². The lowest BCUT2D eigenvalue weighted by Crippen LogP contribution is -2.23. The van der Waals surface area contributed by atoms with Crippen molar-refractivity contribution >= 4 is 0 Å². The Kier molecular flexibility index (Phi) is 26.3. The van der Waals surface area contributed by atoms with Crippen molar-refractivity contribution in [2.45, 2.75) is 82.1 Å². The van der Waals surface area contributed by atoms with Gasteiger partial charge in [-0.2, -0.15) is 0 Å². The zero-order valence-electron chi connectivity index (χ0n) is 19.0. The van der Waals surface area contributed by atoms with E-state index in [1.807, 2.05) is 33.8 Å². The third kappa shape index (κ3) is 27.9. The first-order chi connectivity index (χ1) is 11.6. The maximum absolute atomic E-state index is 5.91.